The lowest BCUT2D eigenvalue weighted by Crippen LogP contribution is -2.54. The average molecular weight is 1370 g/mol. The van der Waals surface area contributed by atoms with Gasteiger partial charge in [-0.1, -0.05) is 0 Å². The summed E-state index contributed by atoms with van der Waals surface area (Å²) < 4.78 is 0. The van der Waals surface area contributed by atoms with E-state index >= 15 is 0 Å². The van der Waals surface area contributed by atoms with Crippen molar-refractivity contribution >= 4 is 101 Å². The molecular weight excluding hydrogens is 1260 g/mol. The minimum Gasteiger partial charge on any atom is -0.480 e. The fourth-order valence-electron chi connectivity index (χ4n) is 8.65. The van der Waals surface area contributed by atoms with Gasteiger partial charge in [-0.25, -0.2) is 4.79 Å². The van der Waals surface area contributed by atoms with E-state index in [9.17, 15) is 53.1 Å². The molecule has 42 heteroatoms. The number of carbonyl (C=O) groups excluding carboxylic acids is 9. The summed E-state index contributed by atoms with van der Waals surface area (Å²) in [6, 6.07) is -8.22. The quantitative estimate of drug-likeness (QED) is 0.0153. The third-order valence-corrected chi connectivity index (χ3v) is 13.5. The number of carbonyl (C=O) groups is 10. The zero-order valence-corrected chi connectivity index (χ0v) is 54.6. The van der Waals surface area contributed by atoms with Gasteiger partial charge in [0.2, 0.25) is 53.2 Å². The molecule has 0 radical (unpaired) electrons. The lowest BCUT2D eigenvalue weighted by Gasteiger charge is -2.24. The summed E-state index contributed by atoms with van der Waals surface area (Å²) in [4.78, 5) is 161. The van der Waals surface area contributed by atoms with E-state index in [1.165, 1.54) is 0 Å². The van der Waals surface area contributed by atoms with Crippen LogP contribution in [0.3, 0.4) is 0 Å². The van der Waals surface area contributed by atoms with E-state index < -0.39 is 101 Å². The molecule has 0 spiro atoms. The Labute approximate surface area is 557 Å². The maximum atomic E-state index is 14.1. The average Bonchev–Trinajstić information content (AvgIpc) is 1.48. The maximum Gasteiger partial charge on any atom is 0.326 e. The van der Waals surface area contributed by atoms with E-state index in [1.807, 2.05) is 0 Å². The summed E-state index contributed by atoms with van der Waals surface area (Å²) in [6.45, 7) is 0.743. The molecule has 9 amide bonds. The van der Waals surface area contributed by atoms with E-state index in [0.717, 1.165) is 0 Å². The molecule has 0 aliphatic rings. The van der Waals surface area contributed by atoms with Gasteiger partial charge in [0.05, 0.1) is 6.04 Å². The number of nitrogens with zero attached hydrogens (tertiary/aromatic N) is 7. The third kappa shape index (κ3) is 45.8. The second kappa shape index (κ2) is 51.0. The predicted molar refractivity (Wildman–Crippen MR) is 363 cm³/mol. The number of aliphatic imine (C=N–C) groups is 7. The Bertz CT molecular complexity index is 2650. The highest BCUT2D eigenvalue weighted by Crippen LogP contribution is 2.09. The molecular formula is C54H107N31O11. The zero-order valence-electron chi connectivity index (χ0n) is 54.6. The molecule has 7 atom stereocenters. The summed E-state index contributed by atoms with van der Waals surface area (Å²) >= 11 is 0. The molecule has 0 aliphatic heterocycles. The van der Waals surface area contributed by atoms with Crippen LogP contribution in [-0.2, 0) is 47.9 Å². The first-order chi connectivity index (χ1) is 45.4. The number of hydrogen-bond donors (Lipinski definition) is 25. The van der Waals surface area contributed by atoms with Crippen LogP contribution in [0.2, 0.25) is 0 Å². The van der Waals surface area contributed by atoms with E-state index in [-0.39, 0.29) is 216 Å². The Hall–Kier alpha value is -10.4. The van der Waals surface area contributed by atoms with Crippen molar-refractivity contribution in [1.82, 2.24) is 47.9 Å². The highest BCUT2D eigenvalue weighted by molar-refractivity contribution is 5.94. The van der Waals surface area contributed by atoms with Crippen LogP contribution < -0.4 is 134 Å². The van der Waals surface area contributed by atoms with Crippen LogP contribution in [0.5, 0.6) is 0 Å². The van der Waals surface area contributed by atoms with Crippen molar-refractivity contribution in [3.63, 3.8) is 0 Å². The van der Waals surface area contributed by atoms with Gasteiger partial charge in [-0.05, 0) is 109 Å². The lowest BCUT2D eigenvalue weighted by molar-refractivity contribution is -0.142. The monoisotopic (exact) mass is 1370 g/mol. The summed E-state index contributed by atoms with van der Waals surface area (Å²) in [5.74, 6) is -8.45. The normalized spacial score (nSPS) is 12.8. The van der Waals surface area contributed by atoms with Gasteiger partial charge >= 0.3 is 5.97 Å². The third-order valence-electron chi connectivity index (χ3n) is 13.5. The van der Waals surface area contributed by atoms with Gasteiger partial charge in [-0.2, -0.15) is 0 Å². The molecule has 0 aromatic rings. The number of carboxylic acid groups (broad SMARTS) is 1. The SMILES string of the molecule is NC(N)=NCCC[C@H](NC(=O)[C@H](CCCN=C(N)N)NC(=O)CCCNC(=O)[C@H](CCCN=C(N)N)NC(=O)[C@H](CCCN=C(N)N)NC(=O)CCCNC(=O)[C@H](CCCN=C(N)N)NC(=O)[C@H](CCCN=C(N)N)NC(=O)CCCNC(=O)[C@@H](N)CCCN=C(N)N)C(=O)O. The molecule has 0 rings (SSSR count). The smallest absolute Gasteiger partial charge is 0.326 e. The van der Waals surface area contributed by atoms with Gasteiger partial charge in [-0.3, -0.25) is 78.1 Å². The molecule has 0 aliphatic carbocycles. The van der Waals surface area contributed by atoms with Crippen molar-refractivity contribution in [3.05, 3.63) is 0 Å². The second-order valence-corrected chi connectivity index (χ2v) is 21.8. The number of nitrogens with one attached hydrogen (secondary N) is 9. The fourth-order valence-corrected chi connectivity index (χ4v) is 8.65. The second-order valence-electron chi connectivity index (χ2n) is 21.8. The molecule has 40 N–H and O–H groups in total. The first kappa shape index (κ1) is 85.5. The minimum absolute atomic E-state index is 0.000431. The van der Waals surface area contributed by atoms with Crippen molar-refractivity contribution in [1.29, 1.82) is 0 Å². The van der Waals surface area contributed by atoms with Crippen LogP contribution in [0.25, 0.3) is 0 Å². The van der Waals surface area contributed by atoms with Crippen molar-refractivity contribution in [3.8, 4) is 0 Å². The van der Waals surface area contributed by atoms with E-state index in [0.29, 0.717) is 19.4 Å². The van der Waals surface area contributed by atoms with Gasteiger partial charge in [0, 0.05) is 84.7 Å². The molecule has 0 aromatic heterocycles. The molecule has 0 unspecified atom stereocenters. The fraction of sp³-hybridized carbons (Fsp3) is 0.685. The topological polar surface area (TPSA) is 776 Å². The Morgan fingerprint density at radius 1 is 0.271 bits per heavy atom. The number of carboxylic acids is 1. The van der Waals surface area contributed by atoms with Gasteiger partial charge in [-0.15, -0.1) is 0 Å². The van der Waals surface area contributed by atoms with E-state index in [1.54, 1.807) is 0 Å². The van der Waals surface area contributed by atoms with Crippen molar-refractivity contribution < 1.29 is 53.1 Å². The van der Waals surface area contributed by atoms with Crippen molar-refractivity contribution in [2.75, 3.05) is 65.4 Å². The highest BCUT2D eigenvalue weighted by atomic mass is 16.4. The Balaban J connectivity index is 6.19. The molecule has 0 saturated heterocycles. The molecule has 0 heterocycles. The standard InChI is InChI=1S/C54H107N31O11/c55-31(11-1-24-73-48(56)57)41(89)70-21-8-18-38(86)80-34(14-4-27-76-51(62)63)44(92)83-32(12-2-25-74-49(58)59)42(90)71-22-9-19-39(87)81-35(15-5-28-77-52(64)65)45(93)84-33(13-3-26-75-50(60)61)43(91)72-23-10-20-40(88)82-36(16-6-29-78-53(66)67)46(94)85-37(47(95)96)17-7-30-79-54(68)69/h31-37H,1-30,55H2,(H,70,89)(H,71,90)(H,72,91)(H,80,86)(H,81,87)(H,82,88)(H,83,92)(H,84,93)(H,85,94)(H,95,96)(H4,56,57,73)(H4,58,59,74)(H4,60,61,75)(H4,62,63,76)(H4,64,65,77)(H4,66,67,78)(H4,68,69,79)/t31-,32-,33-,34-,35-,36-,37-/m0/s1. The van der Waals surface area contributed by atoms with Crippen molar-refractivity contribution in [2.24, 2.45) is 121 Å². The van der Waals surface area contributed by atoms with Crippen LogP contribution in [0.15, 0.2) is 34.9 Å². The van der Waals surface area contributed by atoms with Crippen LogP contribution >= 0.6 is 0 Å². The van der Waals surface area contributed by atoms with E-state index in [2.05, 4.69) is 82.8 Å². The Morgan fingerprint density at radius 3 is 0.719 bits per heavy atom. The molecule has 0 fully saturated rings. The first-order valence-corrected chi connectivity index (χ1v) is 31.4. The molecule has 0 bridgehead atoms. The number of hydrogen-bond acceptors (Lipinski definition) is 18. The maximum absolute atomic E-state index is 14.1. The van der Waals surface area contributed by atoms with Crippen LogP contribution in [0.1, 0.15) is 128 Å². The zero-order chi connectivity index (χ0) is 72.4. The molecule has 96 heavy (non-hydrogen) atoms. The Kier molecular flexibility index (Phi) is 45.5. The lowest BCUT2D eigenvalue weighted by atomic mass is 10.1. The minimum atomic E-state index is -1.34. The molecule has 0 saturated carbocycles. The Morgan fingerprint density at radius 2 is 0.479 bits per heavy atom. The van der Waals surface area contributed by atoms with Crippen LogP contribution in [0, 0.1) is 0 Å². The number of nitrogens with two attached hydrogens (primary N) is 15. The van der Waals surface area contributed by atoms with Gasteiger partial charge in [0.25, 0.3) is 0 Å². The molecule has 42 nitrogen and oxygen atoms in total. The molecule has 0 aromatic carbocycles. The summed E-state index contributed by atoms with van der Waals surface area (Å²) in [7, 11) is 0. The summed E-state index contributed by atoms with van der Waals surface area (Å²) in [5, 5.41) is 33.6. The first-order valence-electron chi connectivity index (χ1n) is 31.4. The van der Waals surface area contributed by atoms with Crippen LogP contribution in [0.4, 0.5) is 0 Å². The van der Waals surface area contributed by atoms with Gasteiger partial charge < -0.3 is 139 Å². The largest absolute Gasteiger partial charge is 0.480 e. The number of rotatable bonds is 53. The van der Waals surface area contributed by atoms with Gasteiger partial charge in [0.15, 0.2) is 41.7 Å². The predicted octanol–water partition coefficient (Wildman–Crippen LogP) is -10.6. The number of guanidine groups is 7. The van der Waals surface area contributed by atoms with E-state index in [4.69, 9.17) is 86.0 Å². The van der Waals surface area contributed by atoms with Crippen molar-refractivity contribution in [2.45, 2.75) is 171 Å². The molecule has 544 valence electrons. The number of amides is 9. The summed E-state index contributed by atoms with van der Waals surface area (Å²) in [5.41, 5.74) is 82.1. The highest BCUT2D eigenvalue weighted by Gasteiger charge is 2.30. The van der Waals surface area contributed by atoms with Crippen LogP contribution in [-0.4, -0.2) is 214 Å². The summed E-state index contributed by atoms with van der Waals surface area (Å²) in [6.07, 6.45) is 1.81. The number of aliphatic carboxylic acids is 1. The van der Waals surface area contributed by atoms with Gasteiger partial charge in [0.1, 0.15) is 36.3 Å².